The molecule has 75 heavy (non-hydrogen) atoms. The number of hydrogen-bond acceptors (Lipinski definition) is 14. The van der Waals surface area contributed by atoms with E-state index < -0.39 is 35.4 Å². The second-order valence-corrected chi connectivity index (χ2v) is 21.6. The third-order valence-electron chi connectivity index (χ3n) is 14.1. The maximum absolute atomic E-state index is 14.1. The van der Waals surface area contributed by atoms with E-state index in [-0.39, 0.29) is 62.9 Å². The summed E-state index contributed by atoms with van der Waals surface area (Å²) < 4.78 is 7.61. The lowest BCUT2D eigenvalue weighted by Gasteiger charge is -2.38. The molecule has 3 atom stereocenters. The van der Waals surface area contributed by atoms with Crippen molar-refractivity contribution in [3.8, 4) is 38.8 Å². The highest BCUT2D eigenvalue weighted by molar-refractivity contribution is 7.13. The van der Waals surface area contributed by atoms with E-state index >= 15 is 0 Å². The summed E-state index contributed by atoms with van der Waals surface area (Å²) >= 11 is 1.57. The number of carbonyl (C=O) groups excluding carboxylic acids is 4. The highest BCUT2D eigenvalue weighted by Crippen LogP contribution is 2.40. The van der Waals surface area contributed by atoms with Crippen LogP contribution in [-0.2, 0) is 42.4 Å². The number of β-amino-alcohol motifs (C(OH)–C–C–N with tert-alkyl or cyclic N) is 1. The largest absolute Gasteiger partial charge is 0.391 e. The minimum Gasteiger partial charge on any atom is -0.391 e. The zero-order valence-corrected chi connectivity index (χ0v) is 43.7. The van der Waals surface area contributed by atoms with Gasteiger partial charge in [-0.1, -0.05) is 75.4 Å². The van der Waals surface area contributed by atoms with Crippen molar-refractivity contribution in [2.45, 2.75) is 96.5 Å². The van der Waals surface area contributed by atoms with Gasteiger partial charge in [0.1, 0.15) is 30.0 Å². The predicted octanol–water partition coefficient (Wildman–Crippen LogP) is 6.42. The van der Waals surface area contributed by atoms with Crippen molar-refractivity contribution in [3.05, 3.63) is 131 Å². The van der Waals surface area contributed by atoms with Crippen LogP contribution in [0.2, 0.25) is 0 Å². The maximum Gasteiger partial charge on any atom is 0.246 e. The van der Waals surface area contributed by atoms with Crippen molar-refractivity contribution in [1.82, 2.24) is 45.4 Å². The number of nitrogen functional groups attached to an aromatic ring is 1. The molecular formula is C57H65N11O6S. The molecule has 18 heteroatoms. The van der Waals surface area contributed by atoms with Gasteiger partial charge in [-0.2, -0.15) is 0 Å². The van der Waals surface area contributed by atoms with Gasteiger partial charge >= 0.3 is 0 Å². The average Bonchev–Trinajstić information content (AvgIpc) is 4.13. The second kappa shape index (κ2) is 22.7. The number of imidazole rings is 1. The van der Waals surface area contributed by atoms with E-state index in [0.717, 1.165) is 69.0 Å². The number of nitrogens with zero attached hydrogens (tertiary/aromatic N) is 6. The number of aliphatic hydroxyl groups is 1. The number of fused-ring (bicyclic) bond motifs is 1. The SMILES string of the molecule is Cc1ncsc1-c1ccc(CNC(=O)[C@@H]2C[C@@H](O)CN2C(=O)[C@@H](NC(=O)CCOCC(=O)CNCCc2cccc(-c3ccc4nc(-c5cccnc5N)n(-c5ccc(C6(N)CCC6)cc5)c4n3)c2)C(C)(C)C)cc1. The number of aryl methyl sites for hydroxylation is 1. The van der Waals surface area contributed by atoms with Crippen LogP contribution in [0.5, 0.6) is 0 Å². The van der Waals surface area contributed by atoms with Crippen LogP contribution < -0.4 is 27.4 Å². The number of aliphatic hydroxyl groups excluding tert-OH is 1. The predicted molar refractivity (Wildman–Crippen MR) is 290 cm³/mol. The van der Waals surface area contributed by atoms with E-state index in [1.54, 1.807) is 17.5 Å². The summed E-state index contributed by atoms with van der Waals surface area (Å²) in [5.41, 5.74) is 23.6. The number of nitrogens with one attached hydrogen (secondary N) is 3. The van der Waals surface area contributed by atoms with Crippen LogP contribution in [0, 0.1) is 12.3 Å². The Morgan fingerprint density at radius 1 is 0.933 bits per heavy atom. The molecule has 0 unspecified atom stereocenters. The molecule has 9 rings (SSSR count). The number of carbonyl (C=O) groups is 4. The first kappa shape index (κ1) is 52.6. The molecule has 0 bridgehead atoms. The van der Waals surface area contributed by atoms with E-state index in [1.807, 2.05) is 105 Å². The van der Waals surface area contributed by atoms with E-state index in [1.165, 1.54) is 4.90 Å². The lowest BCUT2D eigenvalue weighted by Crippen LogP contribution is -2.57. The number of Topliss-reactive ketones (excluding diaryl/α,β-unsaturated/α-hetero) is 1. The van der Waals surface area contributed by atoms with E-state index in [2.05, 4.69) is 56.3 Å². The number of anilines is 1. The molecule has 1 aliphatic carbocycles. The van der Waals surface area contributed by atoms with Crippen LogP contribution in [0.3, 0.4) is 0 Å². The first-order chi connectivity index (χ1) is 36.0. The Labute approximate surface area is 440 Å². The van der Waals surface area contributed by atoms with Crippen molar-refractivity contribution >= 4 is 51.8 Å². The molecule has 17 nitrogen and oxygen atoms in total. The lowest BCUT2D eigenvalue weighted by molar-refractivity contribution is -0.144. The fourth-order valence-electron chi connectivity index (χ4n) is 9.70. The van der Waals surface area contributed by atoms with Crippen molar-refractivity contribution in [3.63, 3.8) is 0 Å². The van der Waals surface area contributed by atoms with Gasteiger partial charge in [0.2, 0.25) is 17.7 Å². The Morgan fingerprint density at radius 3 is 2.43 bits per heavy atom. The van der Waals surface area contributed by atoms with Gasteiger partial charge < -0.3 is 42.2 Å². The topological polar surface area (TPSA) is 246 Å². The number of hydrogen-bond donors (Lipinski definition) is 6. The summed E-state index contributed by atoms with van der Waals surface area (Å²) in [7, 11) is 0. The molecule has 1 saturated heterocycles. The number of amides is 3. The van der Waals surface area contributed by atoms with Crippen LogP contribution >= 0.6 is 11.3 Å². The zero-order valence-electron chi connectivity index (χ0n) is 42.8. The van der Waals surface area contributed by atoms with Crippen molar-refractivity contribution < 1.29 is 29.0 Å². The smallest absolute Gasteiger partial charge is 0.246 e. The number of thiazole rings is 1. The summed E-state index contributed by atoms with van der Waals surface area (Å²) in [4.78, 5) is 74.8. The molecule has 1 aliphatic heterocycles. The highest BCUT2D eigenvalue weighted by atomic mass is 32.1. The van der Waals surface area contributed by atoms with Gasteiger partial charge in [-0.05, 0) is 109 Å². The third-order valence-corrected chi connectivity index (χ3v) is 15.1. The number of benzene rings is 3. The number of nitrogens with two attached hydrogens (primary N) is 2. The summed E-state index contributed by atoms with van der Waals surface area (Å²) in [6.45, 7) is 8.05. The van der Waals surface area contributed by atoms with Crippen LogP contribution in [0.4, 0.5) is 5.82 Å². The normalized spacial score (nSPS) is 16.6. The van der Waals surface area contributed by atoms with Crippen molar-refractivity contribution in [2.75, 3.05) is 38.6 Å². The number of ether oxygens (including phenoxy) is 1. The van der Waals surface area contributed by atoms with E-state index in [9.17, 15) is 24.3 Å². The molecule has 2 aliphatic rings. The quantitative estimate of drug-likeness (QED) is 0.0452. The minimum absolute atomic E-state index is 0.0330. The molecule has 0 radical (unpaired) electrons. The molecule has 1 saturated carbocycles. The first-order valence-corrected chi connectivity index (χ1v) is 26.4. The van der Waals surface area contributed by atoms with Crippen molar-refractivity contribution in [1.29, 1.82) is 0 Å². The van der Waals surface area contributed by atoms with Crippen LogP contribution in [0.1, 0.15) is 75.3 Å². The monoisotopic (exact) mass is 1030 g/mol. The van der Waals surface area contributed by atoms with Gasteiger partial charge in [-0.15, -0.1) is 11.3 Å². The van der Waals surface area contributed by atoms with Gasteiger partial charge in [-0.25, -0.2) is 19.9 Å². The van der Waals surface area contributed by atoms with Gasteiger partial charge in [0.05, 0.1) is 46.6 Å². The molecule has 0 spiro atoms. The minimum atomic E-state index is -0.985. The standard InChI is InChI=1S/C57H65N11O6S/c1-35-49(75-34-63-35)38-13-11-37(12-14-38)30-62-54(72)47-29-42(69)32-67(47)55(73)50(56(2,3)4)66-48(71)22-27-74-33-43(70)31-60-26-21-36-8-5-9-39(28-36)45-19-20-46-53(64-45)68(52(65-46)44-10-6-25-61-51(44)58)41-17-15-40(16-18-41)57(59)23-7-24-57/h5-6,8-20,25,28,34,42,47,50,60,69H,7,21-24,26-27,29-33,59H2,1-4H3,(H2,58,61)(H,62,72)(H,66,71)/t42-,47+,50-/m1/s1. The third kappa shape index (κ3) is 12.2. The van der Waals surface area contributed by atoms with Crippen molar-refractivity contribution in [2.24, 2.45) is 11.1 Å². The average molecular weight is 1030 g/mol. The van der Waals surface area contributed by atoms with Gasteiger partial charge in [0.25, 0.3) is 0 Å². The van der Waals surface area contributed by atoms with Crippen LogP contribution in [0.15, 0.2) is 109 Å². The molecule has 3 aromatic carbocycles. The molecule has 2 fully saturated rings. The van der Waals surface area contributed by atoms with E-state index in [4.69, 9.17) is 26.2 Å². The number of likely N-dealkylation sites (tertiary alicyclic amines) is 1. The fraction of sp³-hybridized carbons (Fsp3) is 0.368. The molecular weight excluding hydrogens is 967 g/mol. The lowest BCUT2D eigenvalue weighted by atomic mass is 9.73. The molecule has 4 aromatic heterocycles. The van der Waals surface area contributed by atoms with Gasteiger partial charge in [0, 0.05) is 48.9 Å². The summed E-state index contributed by atoms with van der Waals surface area (Å²) in [5.74, 6) is -0.441. The zero-order chi connectivity index (χ0) is 52.9. The van der Waals surface area contributed by atoms with Crippen LogP contribution in [0.25, 0.3) is 49.9 Å². The Kier molecular flexibility index (Phi) is 15.9. The number of ketones is 1. The summed E-state index contributed by atoms with van der Waals surface area (Å²) in [6, 6.07) is 30.1. The Bertz CT molecular complexity index is 3180. The number of pyridine rings is 2. The Hall–Kier alpha value is -7.22. The summed E-state index contributed by atoms with van der Waals surface area (Å²) in [5, 5.41) is 19.6. The van der Waals surface area contributed by atoms with Gasteiger partial charge in [0.15, 0.2) is 17.3 Å². The molecule has 7 aromatic rings. The highest BCUT2D eigenvalue weighted by Gasteiger charge is 2.44. The first-order valence-electron chi connectivity index (χ1n) is 25.5. The van der Waals surface area contributed by atoms with Gasteiger partial charge in [-0.3, -0.25) is 23.7 Å². The Balaban J connectivity index is 0.738. The number of rotatable bonds is 20. The van der Waals surface area contributed by atoms with E-state index in [0.29, 0.717) is 41.3 Å². The second-order valence-electron chi connectivity index (χ2n) is 20.7. The van der Waals surface area contributed by atoms with Crippen LogP contribution in [-0.4, -0.2) is 109 Å². The Morgan fingerprint density at radius 2 is 1.72 bits per heavy atom. The number of aromatic nitrogens is 5. The fourth-order valence-corrected chi connectivity index (χ4v) is 10.5. The molecule has 390 valence electrons. The molecule has 5 heterocycles. The maximum atomic E-state index is 14.1. The summed E-state index contributed by atoms with van der Waals surface area (Å²) in [6.07, 6.45) is 4.48. The molecule has 8 N–H and O–H groups in total. The molecule has 3 amide bonds.